The van der Waals surface area contributed by atoms with Crippen LogP contribution >= 0.6 is 24.2 Å². The van der Waals surface area contributed by atoms with Crippen LogP contribution in [0.5, 0.6) is 0 Å². The third-order valence-corrected chi connectivity index (χ3v) is 1.88. The Morgan fingerprint density at radius 1 is 1.67 bits per heavy atom. The van der Waals surface area contributed by atoms with Crippen LogP contribution in [0.1, 0.15) is 11.1 Å². The van der Waals surface area contributed by atoms with Crippen LogP contribution in [-0.2, 0) is 0 Å². The predicted octanol–water partition coefficient (Wildman–Crippen LogP) is 2.32. The molecular weight excluding hydrogens is 190 g/mol. The molecule has 0 unspecified atom stereocenters. The van der Waals surface area contributed by atoms with Crippen molar-refractivity contribution in [2.24, 2.45) is 0 Å². The van der Waals surface area contributed by atoms with E-state index in [1.54, 1.807) is 6.20 Å². The van der Waals surface area contributed by atoms with E-state index in [1.165, 1.54) is 0 Å². The zero-order valence-corrected chi connectivity index (χ0v) is 8.28. The van der Waals surface area contributed by atoms with Crippen LogP contribution in [0.25, 0.3) is 0 Å². The first kappa shape index (κ1) is 9.44. The van der Waals surface area contributed by atoms with Crippen molar-refractivity contribution in [2.45, 2.75) is 6.92 Å². The lowest BCUT2D eigenvalue weighted by Gasteiger charge is -1.95. The second kappa shape index (κ2) is 4.39. The summed E-state index contributed by atoms with van der Waals surface area (Å²) in [4.78, 5) is 3.97. The first-order valence-corrected chi connectivity index (χ1v) is 4.47. The van der Waals surface area contributed by atoms with Crippen molar-refractivity contribution in [3.63, 3.8) is 0 Å². The van der Waals surface area contributed by atoms with E-state index < -0.39 is 0 Å². The van der Waals surface area contributed by atoms with E-state index >= 15 is 0 Å². The van der Waals surface area contributed by atoms with Gasteiger partial charge in [-0.15, -0.1) is 0 Å². The van der Waals surface area contributed by atoms with Crippen LogP contribution in [0.2, 0.25) is 5.15 Å². The van der Waals surface area contributed by atoms with Gasteiger partial charge in [0.05, 0.1) is 5.75 Å². The summed E-state index contributed by atoms with van der Waals surface area (Å²) in [6.45, 7) is 1.90. The van der Waals surface area contributed by atoms with Crippen LogP contribution in [-0.4, -0.2) is 10.7 Å². The number of aryl methyl sites for hydroxylation is 1. The summed E-state index contributed by atoms with van der Waals surface area (Å²) in [7, 11) is 0. The molecule has 0 fully saturated rings. The molecule has 0 spiro atoms. The van der Waals surface area contributed by atoms with E-state index in [0.717, 1.165) is 11.1 Å². The number of halogens is 1. The lowest BCUT2D eigenvalue weighted by atomic mass is 10.2. The number of pyridine rings is 1. The van der Waals surface area contributed by atoms with Gasteiger partial charge in [-0.3, -0.25) is 0 Å². The first-order valence-electron chi connectivity index (χ1n) is 3.46. The molecule has 0 amide bonds. The molecule has 0 aliphatic carbocycles. The molecule has 3 heteroatoms. The second-order valence-corrected chi connectivity index (χ2v) is 2.97. The molecule has 0 atom stereocenters. The highest BCUT2D eigenvalue weighted by Crippen LogP contribution is 2.11. The highest BCUT2D eigenvalue weighted by atomic mass is 35.5. The summed E-state index contributed by atoms with van der Waals surface area (Å²) in [6.07, 6.45) is 1.66. The standard InChI is InChI=1S/C9H8ClNS/c1-7-5-8(3-2-4-12)6-11-9(7)10/h5-6,12H,4H2,1H3. The Kier molecular flexibility index (Phi) is 3.46. The van der Waals surface area contributed by atoms with Crippen LogP contribution < -0.4 is 0 Å². The van der Waals surface area contributed by atoms with Crippen molar-refractivity contribution in [2.75, 3.05) is 5.75 Å². The van der Waals surface area contributed by atoms with Crippen molar-refractivity contribution in [1.29, 1.82) is 0 Å². The van der Waals surface area contributed by atoms with Gasteiger partial charge in [-0.1, -0.05) is 23.4 Å². The van der Waals surface area contributed by atoms with Gasteiger partial charge < -0.3 is 0 Å². The number of thiol groups is 1. The van der Waals surface area contributed by atoms with Gasteiger partial charge in [0.1, 0.15) is 5.15 Å². The highest BCUT2D eigenvalue weighted by molar-refractivity contribution is 7.80. The normalized spacial score (nSPS) is 8.92. The Bertz CT molecular complexity index is 338. The zero-order valence-electron chi connectivity index (χ0n) is 6.63. The minimum absolute atomic E-state index is 0.534. The average Bonchev–Trinajstić information content (AvgIpc) is 2.07. The monoisotopic (exact) mass is 197 g/mol. The van der Waals surface area contributed by atoms with E-state index in [0.29, 0.717) is 10.9 Å². The van der Waals surface area contributed by atoms with E-state index in [-0.39, 0.29) is 0 Å². The maximum atomic E-state index is 5.74. The van der Waals surface area contributed by atoms with Gasteiger partial charge in [0.15, 0.2) is 0 Å². The lowest BCUT2D eigenvalue weighted by molar-refractivity contribution is 1.25. The number of hydrogen-bond acceptors (Lipinski definition) is 2. The van der Waals surface area contributed by atoms with Crippen molar-refractivity contribution >= 4 is 24.2 Å². The van der Waals surface area contributed by atoms with Gasteiger partial charge in [-0.05, 0) is 18.6 Å². The number of hydrogen-bond donors (Lipinski definition) is 1. The molecule has 1 rings (SSSR count). The van der Waals surface area contributed by atoms with Gasteiger partial charge in [-0.2, -0.15) is 12.6 Å². The fraction of sp³-hybridized carbons (Fsp3) is 0.222. The summed E-state index contributed by atoms with van der Waals surface area (Å²) in [6, 6.07) is 1.91. The molecule has 0 saturated heterocycles. The Morgan fingerprint density at radius 3 is 3.00 bits per heavy atom. The van der Waals surface area contributed by atoms with Crippen LogP contribution in [0, 0.1) is 18.8 Å². The molecule has 0 bridgehead atoms. The van der Waals surface area contributed by atoms with Gasteiger partial charge >= 0.3 is 0 Å². The molecule has 0 saturated carbocycles. The Hall–Kier alpha value is -0.650. The maximum Gasteiger partial charge on any atom is 0.132 e. The summed E-state index contributed by atoms with van der Waals surface area (Å²) in [5.74, 6) is 6.31. The largest absolute Gasteiger partial charge is 0.243 e. The molecule has 62 valence electrons. The highest BCUT2D eigenvalue weighted by Gasteiger charge is 1.95. The third-order valence-electron chi connectivity index (χ3n) is 1.33. The summed E-state index contributed by atoms with van der Waals surface area (Å²) in [5, 5.41) is 0.534. The van der Waals surface area contributed by atoms with Crippen molar-refractivity contribution in [1.82, 2.24) is 4.98 Å². The summed E-state index contributed by atoms with van der Waals surface area (Å²) in [5.41, 5.74) is 1.83. The van der Waals surface area contributed by atoms with Gasteiger partial charge in [-0.25, -0.2) is 4.98 Å². The molecule has 0 aliphatic rings. The summed E-state index contributed by atoms with van der Waals surface area (Å²) >= 11 is 9.72. The molecule has 0 radical (unpaired) electrons. The van der Waals surface area contributed by atoms with Crippen LogP contribution in [0.3, 0.4) is 0 Å². The van der Waals surface area contributed by atoms with Crippen LogP contribution in [0.15, 0.2) is 12.3 Å². The average molecular weight is 198 g/mol. The zero-order chi connectivity index (χ0) is 8.97. The Morgan fingerprint density at radius 2 is 2.42 bits per heavy atom. The third kappa shape index (κ3) is 2.44. The van der Waals surface area contributed by atoms with Gasteiger partial charge in [0.25, 0.3) is 0 Å². The fourth-order valence-corrected chi connectivity index (χ4v) is 0.950. The quantitative estimate of drug-likeness (QED) is 0.383. The second-order valence-electron chi connectivity index (χ2n) is 2.29. The number of nitrogens with zero attached hydrogens (tertiary/aromatic N) is 1. The van der Waals surface area contributed by atoms with E-state index in [4.69, 9.17) is 11.6 Å². The predicted molar refractivity (Wildman–Crippen MR) is 54.7 cm³/mol. The number of aromatic nitrogens is 1. The minimum Gasteiger partial charge on any atom is -0.243 e. The maximum absolute atomic E-state index is 5.74. The van der Waals surface area contributed by atoms with Gasteiger partial charge in [0.2, 0.25) is 0 Å². The van der Waals surface area contributed by atoms with Gasteiger partial charge in [0, 0.05) is 11.8 Å². The molecule has 1 aromatic rings. The summed E-state index contributed by atoms with van der Waals surface area (Å²) < 4.78 is 0. The fourth-order valence-electron chi connectivity index (χ4n) is 0.768. The minimum atomic E-state index is 0.534. The Balaban J connectivity index is 2.97. The molecule has 1 aromatic heterocycles. The molecule has 1 nitrogen and oxygen atoms in total. The Labute approximate surface area is 82.6 Å². The van der Waals surface area contributed by atoms with E-state index in [9.17, 15) is 0 Å². The van der Waals surface area contributed by atoms with Crippen LogP contribution in [0.4, 0.5) is 0 Å². The smallest absolute Gasteiger partial charge is 0.132 e. The van der Waals surface area contributed by atoms with Crippen molar-refractivity contribution < 1.29 is 0 Å². The lowest BCUT2D eigenvalue weighted by Crippen LogP contribution is -1.83. The molecule has 1 heterocycles. The molecular formula is C9H8ClNS. The molecule has 0 N–H and O–H groups in total. The molecule has 0 aliphatic heterocycles. The topological polar surface area (TPSA) is 12.9 Å². The van der Waals surface area contributed by atoms with Crippen molar-refractivity contribution in [3.8, 4) is 11.8 Å². The number of rotatable bonds is 0. The molecule has 0 aromatic carbocycles. The SMILES string of the molecule is Cc1cc(C#CCS)cnc1Cl. The van der Waals surface area contributed by atoms with Crippen molar-refractivity contribution in [3.05, 3.63) is 28.5 Å². The first-order chi connectivity index (χ1) is 5.74. The van der Waals surface area contributed by atoms with E-state index in [2.05, 4.69) is 29.5 Å². The van der Waals surface area contributed by atoms with E-state index in [1.807, 2.05) is 13.0 Å². The molecule has 12 heavy (non-hydrogen) atoms.